The Morgan fingerprint density at radius 1 is 1.23 bits per heavy atom. The molecule has 0 bridgehead atoms. The largest absolute Gasteiger partial charge is 0.468 e. The van der Waals surface area contributed by atoms with Gasteiger partial charge in [0.1, 0.15) is 12.0 Å². The summed E-state index contributed by atoms with van der Waals surface area (Å²) in [4.78, 5) is 54.3. The lowest BCUT2D eigenvalue weighted by Gasteiger charge is -2.32. The molecule has 10 heteroatoms. The van der Waals surface area contributed by atoms with Crippen LogP contribution < -0.4 is 5.32 Å². The average molecular weight is 488 g/mol. The molecule has 0 saturated heterocycles. The molecule has 0 aromatic heterocycles. The second-order valence-corrected chi connectivity index (χ2v) is 8.80. The first-order valence-corrected chi connectivity index (χ1v) is 11.6. The predicted molar refractivity (Wildman–Crippen MR) is 130 cm³/mol. The number of unbranched alkanes of at least 4 members (excludes halogenated alkanes) is 1. The number of nitrogens with one attached hydrogen (secondary N) is 1. The molecule has 0 fully saturated rings. The van der Waals surface area contributed by atoms with E-state index in [9.17, 15) is 24.5 Å². The molecule has 0 saturated carbocycles. The van der Waals surface area contributed by atoms with E-state index in [1.165, 1.54) is 25.3 Å². The van der Waals surface area contributed by atoms with Crippen molar-refractivity contribution in [2.24, 2.45) is 16.8 Å². The summed E-state index contributed by atoms with van der Waals surface area (Å²) in [6.45, 7) is 9.06. The summed E-state index contributed by atoms with van der Waals surface area (Å²) in [5.74, 6) is -3.91. The third kappa shape index (κ3) is 6.52. The number of aliphatic imine (C=N–C) groups is 1. The van der Waals surface area contributed by atoms with Gasteiger partial charge in [-0.2, -0.15) is 0 Å². The van der Waals surface area contributed by atoms with Gasteiger partial charge in [0.15, 0.2) is 0 Å². The molecule has 1 aliphatic heterocycles. The third-order valence-electron chi connectivity index (χ3n) is 5.92. The first-order chi connectivity index (χ1) is 16.5. The standard InChI is InChI=1S/C25H33N3O7/c1-7-8-12-35-25(31)22(14(2)3)27-23(29)19-15(4)26-16(5)20(24(30)34-6)21(19)17-10-9-11-18(13-17)28(32)33/h9-11,13-14,20-22H,7-8,12H2,1-6H3,(H,27,29)/t20?,21-,22-/m1/s1. The van der Waals surface area contributed by atoms with Gasteiger partial charge in [0.25, 0.3) is 5.69 Å². The van der Waals surface area contributed by atoms with Gasteiger partial charge in [0.05, 0.1) is 18.6 Å². The van der Waals surface area contributed by atoms with Gasteiger partial charge in [0.2, 0.25) is 5.91 Å². The van der Waals surface area contributed by atoms with Gasteiger partial charge in [-0.25, -0.2) is 4.79 Å². The van der Waals surface area contributed by atoms with Crippen molar-refractivity contribution in [3.05, 3.63) is 51.2 Å². The number of rotatable bonds is 10. The highest BCUT2D eigenvalue weighted by Gasteiger charge is 2.43. The molecule has 1 amide bonds. The SMILES string of the molecule is CCCCOC(=O)[C@H](NC(=O)C1=C(C)N=C(C)C(C(=O)OC)[C@@H]1c1cccc([N+](=O)[O-])c1)C(C)C. The van der Waals surface area contributed by atoms with Crippen molar-refractivity contribution in [2.75, 3.05) is 13.7 Å². The number of hydrogen-bond acceptors (Lipinski definition) is 8. The number of ether oxygens (including phenoxy) is 2. The molecule has 10 nitrogen and oxygen atoms in total. The van der Waals surface area contributed by atoms with Gasteiger partial charge in [-0.05, 0) is 31.7 Å². The van der Waals surface area contributed by atoms with Crippen molar-refractivity contribution in [3.63, 3.8) is 0 Å². The molecular formula is C25H33N3O7. The van der Waals surface area contributed by atoms with E-state index in [0.29, 0.717) is 23.4 Å². The number of nitrogens with zero attached hydrogens (tertiary/aromatic N) is 2. The van der Waals surface area contributed by atoms with Crippen LogP contribution in [0.3, 0.4) is 0 Å². The van der Waals surface area contributed by atoms with E-state index in [4.69, 9.17) is 9.47 Å². The second kappa shape index (κ2) is 12.2. The molecular weight excluding hydrogens is 454 g/mol. The van der Waals surface area contributed by atoms with Crippen LogP contribution >= 0.6 is 0 Å². The highest BCUT2D eigenvalue weighted by molar-refractivity contribution is 6.08. The number of nitro benzene ring substituents is 1. The van der Waals surface area contributed by atoms with Crippen LogP contribution in [0, 0.1) is 22.0 Å². The zero-order chi connectivity index (χ0) is 26.3. The van der Waals surface area contributed by atoms with E-state index >= 15 is 0 Å². The van der Waals surface area contributed by atoms with E-state index < -0.39 is 40.6 Å². The summed E-state index contributed by atoms with van der Waals surface area (Å²) in [5, 5.41) is 14.1. The van der Waals surface area contributed by atoms with Crippen LogP contribution in [0.2, 0.25) is 0 Å². The number of nitro groups is 1. The number of methoxy groups -OCH3 is 1. The van der Waals surface area contributed by atoms with E-state index in [2.05, 4.69) is 10.3 Å². The van der Waals surface area contributed by atoms with Crippen molar-refractivity contribution in [1.82, 2.24) is 5.32 Å². The molecule has 1 aromatic rings. The maximum absolute atomic E-state index is 13.6. The molecule has 0 radical (unpaired) electrons. The number of amides is 1. The zero-order valence-corrected chi connectivity index (χ0v) is 21.0. The number of carbonyl (C=O) groups is 3. The summed E-state index contributed by atoms with van der Waals surface area (Å²) in [6.07, 6.45) is 1.56. The molecule has 35 heavy (non-hydrogen) atoms. The minimum atomic E-state index is -0.972. The number of carbonyl (C=O) groups excluding carboxylic acids is 3. The lowest BCUT2D eigenvalue weighted by molar-refractivity contribution is -0.384. The second-order valence-electron chi connectivity index (χ2n) is 8.80. The fraction of sp³-hybridized carbons (Fsp3) is 0.520. The average Bonchev–Trinajstić information content (AvgIpc) is 2.81. The lowest BCUT2D eigenvalue weighted by atomic mass is 9.75. The third-order valence-corrected chi connectivity index (χ3v) is 5.92. The normalized spacial score (nSPS) is 18.5. The van der Waals surface area contributed by atoms with Gasteiger partial charge in [0, 0.05) is 35.0 Å². The van der Waals surface area contributed by atoms with Crippen molar-refractivity contribution in [1.29, 1.82) is 0 Å². The Bertz CT molecular complexity index is 1050. The highest BCUT2D eigenvalue weighted by Crippen LogP contribution is 2.40. The maximum atomic E-state index is 13.6. The Morgan fingerprint density at radius 2 is 1.91 bits per heavy atom. The molecule has 1 aliphatic rings. The van der Waals surface area contributed by atoms with E-state index in [0.717, 1.165) is 6.42 Å². The zero-order valence-electron chi connectivity index (χ0n) is 21.0. The minimum Gasteiger partial charge on any atom is -0.468 e. The van der Waals surface area contributed by atoms with Crippen LogP contribution in [0.25, 0.3) is 0 Å². The van der Waals surface area contributed by atoms with Crippen LogP contribution in [0.4, 0.5) is 5.69 Å². The maximum Gasteiger partial charge on any atom is 0.328 e. The molecule has 190 valence electrons. The Morgan fingerprint density at radius 3 is 2.49 bits per heavy atom. The minimum absolute atomic E-state index is 0.138. The van der Waals surface area contributed by atoms with Crippen LogP contribution in [0.15, 0.2) is 40.5 Å². The summed E-state index contributed by atoms with van der Waals surface area (Å²) < 4.78 is 10.3. The molecule has 1 N–H and O–H groups in total. The smallest absolute Gasteiger partial charge is 0.328 e. The predicted octanol–water partition coefficient (Wildman–Crippen LogP) is 3.70. The van der Waals surface area contributed by atoms with Gasteiger partial charge in [-0.3, -0.25) is 24.7 Å². The topological polar surface area (TPSA) is 137 Å². The number of esters is 2. The van der Waals surface area contributed by atoms with Crippen LogP contribution in [-0.4, -0.2) is 48.2 Å². The van der Waals surface area contributed by atoms with Crippen LogP contribution in [0.5, 0.6) is 0 Å². The summed E-state index contributed by atoms with van der Waals surface area (Å²) >= 11 is 0. The van der Waals surface area contributed by atoms with Crippen molar-refractivity contribution in [3.8, 4) is 0 Å². The highest BCUT2D eigenvalue weighted by atomic mass is 16.6. The molecule has 0 spiro atoms. The van der Waals surface area contributed by atoms with Gasteiger partial charge in [-0.1, -0.05) is 39.3 Å². The molecule has 1 aromatic carbocycles. The molecule has 1 heterocycles. The van der Waals surface area contributed by atoms with E-state index in [1.807, 2.05) is 6.92 Å². The van der Waals surface area contributed by atoms with Crippen molar-refractivity contribution >= 4 is 29.2 Å². The Labute approximate surface area is 204 Å². The summed E-state index contributed by atoms with van der Waals surface area (Å²) in [5.41, 5.74) is 1.11. The fourth-order valence-electron chi connectivity index (χ4n) is 4.08. The number of hydrogen-bond donors (Lipinski definition) is 1. The fourth-order valence-corrected chi connectivity index (χ4v) is 4.08. The number of non-ortho nitro benzene ring substituents is 1. The lowest BCUT2D eigenvalue weighted by Crippen LogP contribution is -2.48. The van der Waals surface area contributed by atoms with Gasteiger partial charge < -0.3 is 14.8 Å². The van der Waals surface area contributed by atoms with E-state index in [1.54, 1.807) is 33.8 Å². The molecule has 3 atom stereocenters. The van der Waals surface area contributed by atoms with Gasteiger partial charge in [-0.15, -0.1) is 0 Å². The Hall–Kier alpha value is -3.56. The van der Waals surface area contributed by atoms with E-state index in [-0.39, 0.29) is 23.8 Å². The summed E-state index contributed by atoms with van der Waals surface area (Å²) in [6, 6.07) is 4.85. The van der Waals surface area contributed by atoms with Crippen LogP contribution in [0.1, 0.15) is 58.9 Å². The van der Waals surface area contributed by atoms with Gasteiger partial charge >= 0.3 is 11.9 Å². The van der Waals surface area contributed by atoms with Crippen LogP contribution in [-0.2, 0) is 23.9 Å². The molecule has 1 unspecified atom stereocenters. The molecule has 2 rings (SSSR count). The monoisotopic (exact) mass is 487 g/mol. The van der Waals surface area contributed by atoms with Crippen molar-refractivity contribution < 1.29 is 28.8 Å². The quantitative estimate of drug-likeness (QED) is 0.230. The van der Waals surface area contributed by atoms with Crippen molar-refractivity contribution in [2.45, 2.75) is 59.4 Å². The Balaban J connectivity index is 2.54. The Kier molecular flexibility index (Phi) is 9.68. The number of benzene rings is 1. The first-order valence-electron chi connectivity index (χ1n) is 11.6. The first kappa shape index (κ1) is 27.7. The molecule has 0 aliphatic carbocycles. The summed E-state index contributed by atoms with van der Waals surface area (Å²) in [7, 11) is 1.23. The number of allylic oxidation sites excluding steroid dienone is 1.